The number of carbonyl (C=O) groups excluding carboxylic acids is 1. The van der Waals surface area contributed by atoms with Gasteiger partial charge in [0.2, 0.25) is 0 Å². The highest BCUT2D eigenvalue weighted by atomic mass is 79.9. The lowest BCUT2D eigenvalue weighted by Gasteiger charge is -2.07. The molecular formula is C10H13BrO2. The second-order valence-electron chi connectivity index (χ2n) is 2.86. The zero-order valence-electron chi connectivity index (χ0n) is 7.75. The number of hydrogen-bond donors (Lipinski definition) is 1. The van der Waals surface area contributed by atoms with Crippen LogP contribution in [0.1, 0.15) is 25.3 Å². The molecule has 0 aliphatic heterocycles. The van der Waals surface area contributed by atoms with Crippen molar-refractivity contribution in [1.82, 2.24) is 0 Å². The average molecular weight is 245 g/mol. The van der Waals surface area contributed by atoms with Gasteiger partial charge in [0.15, 0.2) is 0 Å². The molecule has 0 amide bonds. The number of hydrogen-bond acceptors (Lipinski definition) is 2. The van der Waals surface area contributed by atoms with E-state index in [0.29, 0.717) is 11.7 Å². The lowest BCUT2D eigenvalue weighted by atomic mass is 10.0. The van der Waals surface area contributed by atoms with E-state index in [0.717, 1.165) is 10.0 Å². The van der Waals surface area contributed by atoms with Gasteiger partial charge in [0.05, 0.1) is 0 Å². The molecule has 1 N–H and O–H groups in total. The minimum atomic E-state index is 0.368. The molecule has 1 rings (SSSR count). The lowest BCUT2D eigenvalue weighted by molar-refractivity contribution is -0.0979. The Balaban J connectivity index is 0.000000671. The van der Waals surface area contributed by atoms with Crippen molar-refractivity contribution in [2.75, 3.05) is 0 Å². The Bertz CT molecular complexity index is 272. The van der Waals surface area contributed by atoms with Crippen molar-refractivity contribution < 1.29 is 9.90 Å². The maximum absolute atomic E-state index is 9.38. The van der Waals surface area contributed by atoms with Crippen molar-refractivity contribution in [3.05, 3.63) is 28.2 Å². The number of benzene rings is 1. The molecular weight excluding hydrogens is 232 g/mol. The summed E-state index contributed by atoms with van der Waals surface area (Å²) in [6, 6.07) is 5.49. The molecule has 3 heteroatoms. The fraction of sp³-hybridized carbons (Fsp3) is 0.300. The highest BCUT2D eigenvalue weighted by Gasteiger charge is 2.04. The van der Waals surface area contributed by atoms with Gasteiger partial charge in [-0.15, -0.1) is 0 Å². The topological polar surface area (TPSA) is 37.3 Å². The molecule has 0 unspecified atom stereocenters. The van der Waals surface area contributed by atoms with Crippen molar-refractivity contribution in [3.63, 3.8) is 0 Å². The molecule has 1 aromatic rings. The van der Waals surface area contributed by atoms with E-state index in [1.807, 2.05) is 18.9 Å². The Hall–Kier alpha value is -0.830. The van der Waals surface area contributed by atoms with Crippen LogP contribution in [0.25, 0.3) is 0 Å². The average Bonchev–Trinajstić information content (AvgIpc) is 2.12. The molecule has 0 bridgehead atoms. The van der Waals surface area contributed by atoms with Gasteiger partial charge < -0.3 is 9.90 Å². The van der Waals surface area contributed by atoms with E-state index in [1.165, 1.54) is 0 Å². The van der Waals surface area contributed by atoms with Gasteiger partial charge in [0.25, 0.3) is 0 Å². The molecule has 0 spiro atoms. The van der Waals surface area contributed by atoms with Crippen LogP contribution in [-0.4, -0.2) is 11.9 Å². The summed E-state index contributed by atoms with van der Waals surface area (Å²) in [4.78, 5) is 8.00. The van der Waals surface area contributed by atoms with E-state index < -0.39 is 0 Å². The summed E-state index contributed by atoms with van der Waals surface area (Å²) >= 11 is 3.35. The van der Waals surface area contributed by atoms with Gasteiger partial charge in [-0.3, -0.25) is 0 Å². The molecule has 0 saturated carbocycles. The van der Waals surface area contributed by atoms with Crippen LogP contribution >= 0.6 is 15.9 Å². The van der Waals surface area contributed by atoms with E-state index in [-0.39, 0.29) is 0 Å². The molecule has 0 radical (unpaired) electrons. The second-order valence-corrected chi connectivity index (χ2v) is 3.77. The molecule has 13 heavy (non-hydrogen) atoms. The van der Waals surface area contributed by atoms with Gasteiger partial charge in [-0.1, -0.05) is 29.8 Å². The standard InChI is InChI=1S/C9H11BrO.CH2O/c1-6(2)8-5-7(10)3-4-9(8)11;1-2/h3-6,11H,1-2H3;1H2. The Kier molecular flexibility index (Phi) is 5.39. The Morgan fingerprint density at radius 1 is 1.38 bits per heavy atom. The van der Waals surface area contributed by atoms with Crippen LogP contribution in [0.2, 0.25) is 0 Å². The third-order valence-electron chi connectivity index (χ3n) is 1.61. The zero-order valence-corrected chi connectivity index (χ0v) is 9.34. The number of phenols is 1. The van der Waals surface area contributed by atoms with E-state index in [9.17, 15) is 5.11 Å². The zero-order chi connectivity index (χ0) is 10.4. The van der Waals surface area contributed by atoms with Crippen LogP contribution in [0.15, 0.2) is 22.7 Å². The molecule has 0 heterocycles. The Morgan fingerprint density at radius 2 is 1.92 bits per heavy atom. The fourth-order valence-corrected chi connectivity index (χ4v) is 1.37. The summed E-state index contributed by atoms with van der Waals surface area (Å²) in [5, 5.41) is 9.38. The summed E-state index contributed by atoms with van der Waals surface area (Å²) in [6.07, 6.45) is 0. The molecule has 0 aliphatic carbocycles. The molecule has 72 valence electrons. The van der Waals surface area contributed by atoms with Crippen LogP contribution in [0, 0.1) is 0 Å². The summed E-state index contributed by atoms with van der Waals surface area (Å²) in [7, 11) is 0. The Labute approximate surface area is 86.7 Å². The van der Waals surface area contributed by atoms with Crippen LogP contribution < -0.4 is 0 Å². The first-order valence-electron chi connectivity index (χ1n) is 3.88. The third kappa shape index (κ3) is 3.59. The quantitative estimate of drug-likeness (QED) is 0.825. The summed E-state index contributed by atoms with van der Waals surface area (Å²) in [6.45, 7) is 6.11. The largest absolute Gasteiger partial charge is 0.508 e. The van der Waals surface area contributed by atoms with Gasteiger partial charge in [-0.2, -0.15) is 0 Å². The van der Waals surface area contributed by atoms with Gasteiger partial charge in [0.1, 0.15) is 12.5 Å². The Morgan fingerprint density at radius 3 is 2.31 bits per heavy atom. The van der Waals surface area contributed by atoms with Crippen molar-refractivity contribution in [3.8, 4) is 5.75 Å². The summed E-state index contributed by atoms with van der Waals surface area (Å²) < 4.78 is 1.01. The number of phenolic OH excluding ortho intramolecular Hbond substituents is 1. The number of rotatable bonds is 1. The highest BCUT2D eigenvalue weighted by molar-refractivity contribution is 9.10. The van der Waals surface area contributed by atoms with Crippen LogP contribution in [-0.2, 0) is 4.79 Å². The molecule has 2 nitrogen and oxygen atoms in total. The summed E-state index contributed by atoms with van der Waals surface area (Å²) in [5.41, 5.74) is 0.986. The monoisotopic (exact) mass is 244 g/mol. The van der Waals surface area contributed by atoms with Gasteiger partial charge in [-0.25, -0.2) is 0 Å². The first kappa shape index (κ1) is 12.2. The first-order valence-corrected chi connectivity index (χ1v) is 4.68. The van der Waals surface area contributed by atoms with Crippen molar-refractivity contribution in [2.45, 2.75) is 19.8 Å². The summed E-state index contributed by atoms with van der Waals surface area (Å²) in [5.74, 6) is 0.746. The van der Waals surface area contributed by atoms with Crippen LogP contribution in [0.5, 0.6) is 5.75 Å². The predicted octanol–water partition coefficient (Wildman–Crippen LogP) is 3.09. The van der Waals surface area contributed by atoms with E-state index >= 15 is 0 Å². The number of halogens is 1. The second kappa shape index (κ2) is 5.75. The minimum absolute atomic E-state index is 0.368. The van der Waals surface area contributed by atoms with E-state index in [4.69, 9.17) is 4.79 Å². The normalized spacial score (nSPS) is 9.23. The third-order valence-corrected chi connectivity index (χ3v) is 2.10. The minimum Gasteiger partial charge on any atom is -0.508 e. The predicted molar refractivity (Wildman–Crippen MR) is 57.0 cm³/mol. The number of aromatic hydroxyl groups is 1. The maximum Gasteiger partial charge on any atom is 0.119 e. The van der Waals surface area contributed by atoms with Gasteiger partial charge in [0, 0.05) is 4.47 Å². The van der Waals surface area contributed by atoms with Crippen LogP contribution in [0.4, 0.5) is 0 Å². The molecule has 0 atom stereocenters. The van der Waals surface area contributed by atoms with Gasteiger partial charge in [-0.05, 0) is 29.7 Å². The first-order chi connectivity index (χ1) is 6.11. The lowest BCUT2D eigenvalue weighted by Crippen LogP contribution is -1.87. The fourth-order valence-electron chi connectivity index (χ4n) is 0.988. The van der Waals surface area contributed by atoms with E-state index in [1.54, 1.807) is 6.07 Å². The highest BCUT2D eigenvalue weighted by Crippen LogP contribution is 2.27. The van der Waals surface area contributed by atoms with E-state index in [2.05, 4.69) is 29.8 Å². The SMILES string of the molecule is C=O.CC(C)c1cc(Br)ccc1O. The van der Waals surface area contributed by atoms with Crippen molar-refractivity contribution in [2.24, 2.45) is 0 Å². The molecule has 0 saturated heterocycles. The number of carbonyl (C=O) groups is 1. The van der Waals surface area contributed by atoms with Crippen molar-refractivity contribution >= 4 is 22.7 Å². The smallest absolute Gasteiger partial charge is 0.119 e. The van der Waals surface area contributed by atoms with Crippen LogP contribution in [0.3, 0.4) is 0 Å². The maximum atomic E-state index is 9.38. The van der Waals surface area contributed by atoms with Crippen molar-refractivity contribution in [1.29, 1.82) is 0 Å². The molecule has 0 aromatic heterocycles. The van der Waals surface area contributed by atoms with Gasteiger partial charge >= 0.3 is 0 Å². The molecule has 0 aliphatic rings. The molecule has 1 aromatic carbocycles. The molecule has 0 fully saturated rings.